The van der Waals surface area contributed by atoms with Crippen molar-refractivity contribution in [3.63, 3.8) is 0 Å². The quantitative estimate of drug-likeness (QED) is 0.830. The highest BCUT2D eigenvalue weighted by atomic mass is 19.1. The first-order chi connectivity index (χ1) is 12.6. The van der Waals surface area contributed by atoms with Crippen molar-refractivity contribution in [2.24, 2.45) is 0 Å². The Balaban J connectivity index is 1.45. The van der Waals surface area contributed by atoms with Gasteiger partial charge in [-0.3, -0.25) is 4.90 Å². The Kier molecular flexibility index (Phi) is 4.58. The van der Waals surface area contributed by atoms with Crippen LogP contribution in [0.4, 0.5) is 10.1 Å². The lowest BCUT2D eigenvalue weighted by Crippen LogP contribution is -2.47. The Labute approximate surface area is 151 Å². The molecule has 2 aromatic heterocycles. The maximum atomic E-state index is 14.5. The predicted octanol–water partition coefficient (Wildman–Crippen LogP) is 1.97. The number of ether oxygens (including phenoxy) is 2. The van der Waals surface area contributed by atoms with E-state index in [1.165, 1.54) is 6.07 Å². The lowest BCUT2D eigenvalue weighted by atomic mass is 10.1. The number of hydrogen-bond acceptors (Lipinski definition) is 7. The fraction of sp³-hybridized carbons (Fsp3) is 0.500. The summed E-state index contributed by atoms with van der Waals surface area (Å²) >= 11 is 0. The van der Waals surface area contributed by atoms with E-state index in [9.17, 15) is 4.39 Å². The van der Waals surface area contributed by atoms with Crippen LogP contribution in [-0.4, -0.2) is 59.2 Å². The third-order valence-electron chi connectivity index (χ3n) is 4.91. The normalized spacial score (nSPS) is 18.7. The van der Waals surface area contributed by atoms with Crippen molar-refractivity contribution in [1.82, 2.24) is 19.9 Å². The molecule has 2 aromatic rings. The smallest absolute Gasteiger partial charge is 0.257 e. The van der Waals surface area contributed by atoms with Crippen LogP contribution in [0.15, 0.2) is 18.5 Å². The lowest BCUT2D eigenvalue weighted by molar-refractivity contribution is 0.157. The average Bonchev–Trinajstić information content (AvgIpc) is 2.68. The molecule has 0 saturated carbocycles. The van der Waals surface area contributed by atoms with Crippen molar-refractivity contribution in [3.05, 3.63) is 35.8 Å². The molecule has 8 heteroatoms. The summed E-state index contributed by atoms with van der Waals surface area (Å²) in [5, 5.41) is 0. The number of aryl methyl sites for hydroxylation is 1. The highest BCUT2D eigenvalue weighted by Gasteiger charge is 2.27. The van der Waals surface area contributed by atoms with E-state index in [0.717, 1.165) is 37.7 Å². The molecular weight excluding hydrogens is 337 g/mol. The Bertz CT molecular complexity index is 778. The molecule has 138 valence electrons. The molecule has 4 heterocycles. The molecule has 1 atom stereocenters. The van der Waals surface area contributed by atoms with Crippen molar-refractivity contribution in [2.75, 3.05) is 44.3 Å². The summed E-state index contributed by atoms with van der Waals surface area (Å²) < 4.78 is 25.4. The van der Waals surface area contributed by atoms with Gasteiger partial charge in [-0.25, -0.2) is 19.3 Å². The van der Waals surface area contributed by atoms with Crippen molar-refractivity contribution in [3.8, 4) is 11.6 Å². The minimum atomic E-state index is -0.351. The molecule has 1 fully saturated rings. The van der Waals surface area contributed by atoms with Gasteiger partial charge in [-0.05, 0) is 13.8 Å². The first-order valence-corrected chi connectivity index (χ1v) is 8.85. The predicted molar refractivity (Wildman–Crippen MR) is 94.2 cm³/mol. The summed E-state index contributed by atoms with van der Waals surface area (Å²) in [5.41, 5.74) is 1.42. The first kappa shape index (κ1) is 17.0. The molecule has 1 unspecified atom stereocenters. The molecule has 0 aliphatic carbocycles. The first-order valence-electron chi connectivity index (χ1n) is 8.85. The van der Waals surface area contributed by atoms with Crippen LogP contribution < -0.4 is 14.4 Å². The molecule has 1 saturated heterocycles. The van der Waals surface area contributed by atoms with Gasteiger partial charge in [0.25, 0.3) is 5.88 Å². The third-order valence-corrected chi connectivity index (χ3v) is 4.91. The number of aromatic nitrogens is 3. The van der Waals surface area contributed by atoms with Gasteiger partial charge in [-0.1, -0.05) is 0 Å². The monoisotopic (exact) mass is 359 g/mol. The maximum Gasteiger partial charge on any atom is 0.257 e. The van der Waals surface area contributed by atoms with Crippen LogP contribution in [0.3, 0.4) is 0 Å². The number of hydrogen-bond donors (Lipinski definition) is 0. The van der Waals surface area contributed by atoms with Gasteiger partial charge < -0.3 is 14.4 Å². The van der Waals surface area contributed by atoms with Gasteiger partial charge >= 0.3 is 0 Å². The molecule has 4 rings (SSSR count). The summed E-state index contributed by atoms with van der Waals surface area (Å²) in [6.45, 7) is 8.01. The van der Waals surface area contributed by atoms with E-state index in [1.54, 1.807) is 0 Å². The Morgan fingerprint density at radius 3 is 2.50 bits per heavy atom. The minimum Gasteiger partial charge on any atom is -0.484 e. The number of fused-ring (bicyclic) bond motifs is 1. The topological polar surface area (TPSA) is 63.6 Å². The minimum absolute atomic E-state index is 0.137. The molecular formula is C18H22FN5O2. The van der Waals surface area contributed by atoms with E-state index < -0.39 is 0 Å². The second kappa shape index (κ2) is 7.03. The summed E-state index contributed by atoms with van der Waals surface area (Å²) in [5.74, 6) is 1.18. The van der Waals surface area contributed by atoms with Gasteiger partial charge in [-0.15, -0.1) is 0 Å². The number of rotatable bonds is 3. The lowest BCUT2D eigenvalue weighted by Gasteiger charge is -2.38. The van der Waals surface area contributed by atoms with Gasteiger partial charge in [-0.2, -0.15) is 0 Å². The maximum absolute atomic E-state index is 14.5. The molecule has 26 heavy (non-hydrogen) atoms. The number of nitrogens with zero attached hydrogens (tertiary/aromatic N) is 5. The zero-order valence-corrected chi connectivity index (χ0v) is 15.0. The summed E-state index contributed by atoms with van der Waals surface area (Å²) in [6, 6.07) is 1.25. The summed E-state index contributed by atoms with van der Waals surface area (Å²) in [4.78, 5) is 17.4. The van der Waals surface area contributed by atoms with E-state index in [2.05, 4.69) is 24.8 Å². The molecule has 0 N–H and O–H groups in total. The van der Waals surface area contributed by atoms with Crippen LogP contribution in [0.2, 0.25) is 0 Å². The molecule has 0 spiro atoms. The molecule has 2 aliphatic heterocycles. The fourth-order valence-electron chi connectivity index (χ4n) is 3.35. The molecule has 0 aromatic carbocycles. The van der Waals surface area contributed by atoms with Crippen molar-refractivity contribution >= 4 is 5.69 Å². The third kappa shape index (κ3) is 3.29. The Morgan fingerprint density at radius 2 is 1.77 bits per heavy atom. The number of pyridine rings is 1. The van der Waals surface area contributed by atoms with E-state index in [4.69, 9.17) is 9.47 Å². The van der Waals surface area contributed by atoms with Gasteiger partial charge in [0.1, 0.15) is 24.9 Å². The molecule has 0 radical (unpaired) electrons. The highest BCUT2D eigenvalue weighted by molar-refractivity contribution is 5.42. The van der Waals surface area contributed by atoms with Crippen LogP contribution in [0.1, 0.15) is 24.5 Å². The van der Waals surface area contributed by atoms with Gasteiger partial charge in [0, 0.05) is 32.2 Å². The summed E-state index contributed by atoms with van der Waals surface area (Å²) in [6.07, 6.45) is 3.70. The second-order valence-electron chi connectivity index (χ2n) is 6.54. The van der Waals surface area contributed by atoms with Crippen LogP contribution in [-0.2, 0) is 0 Å². The van der Waals surface area contributed by atoms with Gasteiger partial charge in [0.15, 0.2) is 5.75 Å². The van der Waals surface area contributed by atoms with E-state index >= 15 is 0 Å². The van der Waals surface area contributed by atoms with Crippen LogP contribution >= 0.6 is 0 Å². The molecule has 2 aliphatic rings. The van der Waals surface area contributed by atoms with Gasteiger partial charge in [0.05, 0.1) is 29.8 Å². The fourth-order valence-corrected chi connectivity index (χ4v) is 3.35. The highest BCUT2D eigenvalue weighted by Crippen LogP contribution is 2.33. The standard InChI is InChI=1S/C18H22FN5O2/c1-12(17-15(19)9-16-18(22-17)26-8-7-25-16)23-3-5-24(6-4-23)14-10-20-13(2)21-11-14/h9-12H,3-8H2,1-2H3. The molecule has 7 nitrogen and oxygen atoms in total. The molecule has 0 amide bonds. The zero-order valence-electron chi connectivity index (χ0n) is 15.0. The van der Waals surface area contributed by atoms with Gasteiger partial charge in [0.2, 0.25) is 0 Å². The van der Waals surface area contributed by atoms with Crippen molar-refractivity contribution in [2.45, 2.75) is 19.9 Å². The van der Waals surface area contributed by atoms with Crippen LogP contribution in [0, 0.1) is 12.7 Å². The van der Waals surface area contributed by atoms with Crippen molar-refractivity contribution < 1.29 is 13.9 Å². The molecule has 0 bridgehead atoms. The Morgan fingerprint density at radius 1 is 1.08 bits per heavy atom. The van der Waals surface area contributed by atoms with E-state index in [-0.39, 0.29) is 11.9 Å². The van der Waals surface area contributed by atoms with Crippen LogP contribution in [0.5, 0.6) is 11.6 Å². The number of halogens is 1. The SMILES string of the molecule is Cc1ncc(N2CCN(C(C)c3nc4c(cc3F)OCCO4)CC2)cn1. The second-order valence-corrected chi connectivity index (χ2v) is 6.54. The van der Waals surface area contributed by atoms with E-state index in [0.29, 0.717) is 30.5 Å². The zero-order chi connectivity index (χ0) is 18.1. The van der Waals surface area contributed by atoms with Crippen molar-refractivity contribution in [1.29, 1.82) is 0 Å². The number of piperazine rings is 1. The largest absolute Gasteiger partial charge is 0.484 e. The van der Waals surface area contributed by atoms with E-state index in [1.807, 2.05) is 26.2 Å². The van der Waals surface area contributed by atoms with Crippen LogP contribution in [0.25, 0.3) is 0 Å². The average molecular weight is 359 g/mol. The Hall–Kier alpha value is -2.48. The number of anilines is 1. The summed E-state index contributed by atoms with van der Waals surface area (Å²) in [7, 11) is 0.